The zero-order valence-corrected chi connectivity index (χ0v) is 14.9. The van der Waals surface area contributed by atoms with E-state index in [-0.39, 0.29) is 23.0 Å². The van der Waals surface area contributed by atoms with Crippen LogP contribution >= 0.6 is 11.8 Å². The van der Waals surface area contributed by atoms with Gasteiger partial charge in [0.1, 0.15) is 12.4 Å². The summed E-state index contributed by atoms with van der Waals surface area (Å²) in [4.78, 5) is 16.1. The molecule has 0 fully saturated rings. The third-order valence-electron chi connectivity index (χ3n) is 3.07. The topological polar surface area (TPSA) is 65.5 Å². The number of nitrogens with one attached hydrogen (secondary N) is 3. The molecule has 7 heteroatoms. The Morgan fingerprint density at radius 3 is 2.70 bits per heavy atom. The molecule has 0 unspecified atom stereocenters. The second kappa shape index (κ2) is 9.39. The summed E-state index contributed by atoms with van der Waals surface area (Å²) in [7, 11) is 0. The van der Waals surface area contributed by atoms with Gasteiger partial charge in [-0.05, 0) is 45.2 Å². The molecule has 1 aromatic rings. The zero-order chi connectivity index (χ0) is 17.3. The maximum atomic E-state index is 13.1. The molecule has 0 atom stereocenters. The molecule has 1 aromatic carbocycles. The monoisotopic (exact) mass is 340 g/mol. The first kappa shape index (κ1) is 19.3. The van der Waals surface area contributed by atoms with Crippen LogP contribution in [0.25, 0.3) is 0 Å². The van der Waals surface area contributed by atoms with Gasteiger partial charge in [0.15, 0.2) is 5.96 Å². The fourth-order valence-corrected chi connectivity index (χ4v) is 1.84. The lowest BCUT2D eigenvalue weighted by atomic mass is 10.2. The Bertz CT molecular complexity index is 549. The summed E-state index contributed by atoms with van der Waals surface area (Å²) in [6, 6.07) is 5.78. The highest BCUT2D eigenvalue weighted by molar-refractivity contribution is 7.99. The van der Waals surface area contributed by atoms with Gasteiger partial charge in [0.2, 0.25) is 5.91 Å². The molecule has 128 valence electrons. The highest BCUT2D eigenvalue weighted by Gasteiger charge is 2.16. The third kappa shape index (κ3) is 7.88. The summed E-state index contributed by atoms with van der Waals surface area (Å²) in [6.45, 7) is 7.62. The highest BCUT2D eigenvalue weighted by Crippen LogP contribution is 2.19. The maximum Gasteiger partial charge on any atom is 0.246 e. The minimum atomic E-state index is -0.388. The molecule has 0 aliphatic carbocycles. The number of halogens is 1. The van der Waals surface area contributed by atoms with E-state index in [9.17, 15) is 9.18 Å². The molecular weight excluding hydrogens is 315 g/mol. The van der Waals surface area contributed by atoms with Crippen LogP contribution in [0, 0.1) is 5.82 Å². The molecule has 0 heterocycles. The van der Waals surface area contributed by atoms with E-state index < -0.39 is 0 Å². The van der Waals surface area contributed by atoms with Gasteiger partial charge < -0.3 is 16.0 Å². The Hall–Kier alpha value is -1.76. The van der Waals surface area contributed by atoms with Gasteiger partial charge in [0, 0.05) is 23.5 Å². The average molecular weight is 340 g/mol. The molecule has 0 spiro atoms. The standard InChI is InChI=1S/C16H25FN4OS/c1-5-18-15(20-11-16(2,3)23-4)19-10-14(22)21-13-8-6-7-12(17)9-13/h6-9H,5,10-11H2,1-4H3,(H,21,22)(H2,18,19,20). The van der Waals surface area contributed by atoms with Gasteiger partial charge in [-0.1, -0.05) is 6.07 Å². The second-order valence-electron chi connectivity index (χ2n) is 5.57. The second-order valence-corrected chi connectivity index (χ2v) is 7.08. The van der Waals surface area contributed by atoms with Gasteiger partial charge in [-0.15, -0.1) is 0 Å². The Labute approximate surface area is 141 Å². The number of nitrogens with zero attached hydrogens (tertiary/aromatic N) is 1. The molecule has 5 nitrogen and oxygen atoms in total. The molecule has 0 bridgehead atoms. The van der Waals surface area contributed by atoms with Crippen molar-refractivity contribution < 1.29 is 9.18 Å². The molecular formula is C16H25FN4OS. The largest absolute Gasteiger partial charge is 0.357 e. The van der Waals surface area contributed by atoms with Crippen molar-refractivity contribution in [3.8, 4) is 0 Å². The van der Waals surface area contributed by atoms with Gasteiger partial charge in [-0.25, -0.2) is 9.38 Å². The number of hydrogen-bond acceptors (Lipinski definition) is 3. The van der Waals surface area contributed by atoms with Crippen LogP contribution in [0.5, 0.6) is 0 Å². The Kier molecular flexibility index (Phi) is 7.88. The molecule has 3 N–H and O–H groups in total. The van der Waals surface area contributed by atoms with Crippen molar-refractivity contribution in [2.75, 3.05) is 31.2 Å². The van der Waals surface area contributed by atoms with E-state index in [0.29, 0.717) is 18.2 Å². The summed E-state index contributed by atoms with van der Waals surface area (Å²) in [6.07, 6.45) is 2.05. The number of carbonyl (C=O) groups is 1. The first-order valence-electron chi connectivity index (χ1n) is 7.49. The van der Waals surface area contributed by atoms with Crippen LogP contribution in [0.4, 0.5) is 10.1 Å². The van der Waals surface area contributed by atoms with Crippen molar-refractivity contribution in [1.29, 1.82) is 0 Å². The summed E-state index contributed by atoms with van der Waals surface area (Å²) < 4.78 is 13.1. The fourth-order valence-electron chi connectivity index (χ4n) is 1.63. The number of aliphatic imine (C=N–C) groups is 1. The minimum Gasteiger partial charge on any atom is -0.357 e. The van der Waals surface area contributed by atoms with Gasteiger partial charge in [0.25, 0.3) is 0 Å². The summed E-state index contributed by atoms with van der Waals surface area (Å²) >= 11 is 1.75. The van der Waals surface area contributed by atoms with E-state index in [4.69, 9.17) is 0 Å². The summed E-state index contributed by atoms with van der Waals surface area (Å²) in [5.74, 6) is -0.0958. The lowest BCUT2D eigenvalue weighted by Gasteiger charge is -2.23. The van der Waals surface area contributed by atoms with E-state index in [1.807, 2.05) is 6.92 Å². The molecule has 23 heavy (non-hydrogen) atoms. The number of guanidine groups is 1. The number of thioether (sulfide) groups is 1. The molecule has 0 aromatic heterocycles. The Morgan fingerprint density at radius 1 is 1.35 bits per heavy atom. The van der Waals surface area contributed by atoms with E-state index in [1.54, 1.807) is 23.9 Å². The quantitative estimate of drug-likeness (QED) is 0.527. The predicted molar refractivity (Wildman–Crippen MR) is 96.6 cm³/mol. The van der Waals surface area contributed by atoms with Crippen LogP contribution in [0.1, 0.15) is 20.8 Å². The number of rotatable bonds is 7. The number of carbonyl (C=O) groups excluding carboxylic acids is 1. The van der Waals surface area contributed by atoms with Gasteiger partial charge in [-0.3, -0.25) is 4.79 Å². The highest BCUT2D eigenvalue weighted by atomic mass is 32.2. The van der Waals surface area contributed by atoms with Gasteiger partial charge >= 0.3 is 0 Å². The maximum absolute atomic E-state index is 13.1. The lowest BCUT2D eigenvalue weighted by molar-refractivity contribution is -0.114. The summed E-state index contributed by atoms with van der Waals surface area (Å²) in [5.41, 5.74) is 0.423. The molecule has 0 saturated carbocycles. The number of benzene rings is 1. The predicted octanol–water partition coefficient (Wildman–Crippen LogP) is 2.46. The van der Waals surface area contributed by atoms with Crippen molar-refractivity contribution in [1.82, 2.24) is 10.6 Å². The zero-order valence-electron chi connectivity index (χ0n) is 14.1. The number of anilines is 1. The van der Waals surface area contributed by atoms with Crippen molar-refractivity contribution in [2.45, 2.75) is 25.5 Å². The number of amides is 1. The summed E-state index contributed by atoms with van der Waals surface area (Å²) in [5, 5.41) is 8.93. The van der Waals surface area contributed by atoms with Crippen LogP contribution in [0.15, 0.2) is 29.3 Å². The van der Waals surface area contributed by atoms with E-state index in [2.05, 4.69) is 41.0 Å². The first-order chi connectivity index (χ1) is 10.9. The lowest BCUT2D eigenvalue weighted by Crippen LogP contribution is -2.43. The van der Waals surface area contributed by atoms with Crippen molar-refractivity contribution in [2.24, 2.45) is 4.99 Å². The van der Waals surface area contributed by atoms with Gasteiger partial charge in [0.05, 0.1) is 0 Å². The van der Waals surface area contributed by atoms with Crippen molar-refractivity contribution >= 4 is 29.3 Å². The van der Waals surface area contributed by atoms with Gasteiger partial charge in [-0.2, -0.15) is 11.8 Å². The van der Waals surface area contributed by atoms with Crippen molar-refractivity contribution in [3.05, 3.63) is 30.1 Å². The molecule has 1 amide bonds. The van der Waals surface area contributed by atoms with Crippen LogP contribution in [-0.4, -0.2) is 42.5 Å². The van der Waals surface area contributed by atoms with Crippen LogP contribution < -0.4 is 16.0 Å². The first-order valence-corrected chi connectivity index (χ1v) is 8.71. The molecule has 0 saturated heterocycles. The van der Waals surface area contributed by atoms with Crippen LogP contribution in [-0.2, 0) is 4.79 Å². The fraction of sp³-hybridized carbons (Fsp3) is 0.500. The van der Waals surface area contributed by atoms with Crippen molar-refractivity contribution in [3.63, 3.8) is 0 Å². The SMILES string of the molecule is CCNC(=NCC(=O)Nc1cccc(F)c1)NCC(C)(C)SC. The Balaban J connectivity index is 2.57. The molecule has 0 radical (unpaired) electrons. The third-order valence-corrected chi connectivity index (χ3v) is 4.32. The normalized spacial score (nSPS) is 12.0. The smallest absolute Gasteiger partial charge is 0.246 e. The molecule has 1 rings (SSSR count). The van der Waals surface area contributed by atoms with Crippen LogP contribution in [0.3, 0.4) is 0 Å². The van der Waals surface area contributed by atoms with E-state index in [0.717, 1.165) is 6.54 Å². The minimum absolute atomic E-state index is 0.0362. The molecule has 0 aliphatic heterocycles. The van der Waals surface area contributed by atoms with E-state index >= 15 is 0 Å². The van der Waals surface area contributed by atoms with Crippen LogP contribution in [0.2, 0.25) is 0 Å². The molecule has 0 aliphatic rings. The number of hydrogen-bond donors (Lipinski definition) is 3. The van der Waals surface area contributed by atoms with E-state index in [1.165, 1.54) is 12.1 Å². The Morgan fingerprint density at radius 2 is 2.09 bits per heavy atom. The average Bonchev–Trinajstić information content (AvgIpc) is 2.50.